The minimum absolute atomic E-state index is 0.103. The van der Waals surface area contributed by atoms with Gasteiger partial charge < -0.3 is 10.8 Å². The number of hydrogen-bond donors (Lipinski definition) is 2. The van der Waals surface area contributed by atoms with Crippen molar-refractivity contribution >= 4 is 11.7 Å². The molecule has 4 heteroatoms. The van der Waals surface area contributed by atoms with E-state index in [2.05, 4.69) is 4.98 Å². The largest absolute Gasteiger partial charge is 0.478 e. The lowest BCUT2D eigenvalue weighted by Gasteiger charge is -2.07. The molecule has 1 heterocycles. The highest BCUT2D eigenvalue weighted by Crippen LogP contribution is 2.18. The number of carboxylic acids is 1. The van der Waals surface area contributed by atoms with E-state index in [9.17, 15) is 4.79 Å². The fourth-order valence-corrected chi connectivity index (χ4v) is 1.63. The average Bonchev–Trinajstić information content (AvgIpc) is 2.33. The Labute approximate surface area is 98.7 Å². The maximum atomic E-state index is 10.9. The molecular weight excluding hydrogens is 216 g/mol. The van der Waals surface area contributed by atoms with Gasteiger partial charge in [-0.05, 0) is 11.6 Å². The van der Waals surface area contributed by atoms with Gasteiger partial charge in [0.1, 0.15) is 0 Å². The van der Waals surface area contributed by atoms with Crippen molar-refractivity contribution in [3.05, 3.63) is 59.4 Å². The van der Waals surface area contributed by atoms with Crippen LogP contribution in [-0.4, -0.2) is 16.1 Å². The molecule has 4 nitrogen and oxygen atoms in total. The summed E-state index contributed by atoms with van der Waals surface area (Å²) in [4.78, 5) is 15.0. The molecule has 2 rings (SSSR count). The number of aromatic nitrogens is 1. The summed E-state index contributed by atoms with van der Waals surface area (Å²) in [5, 5.41) is 8.95. The summed E-state index contributed by atoms with van der Waals surface area (Å²) in [5.74, 6) is -1.03. The third-order valence-electron chi connectivity index (χ3n) is 2.52. The van der Waals surface area contributed by atoms with E-state index in [0.717, 1.165) is 5.56 Å². The van der Waals surface area contributed by atoms with Crippen molar-refractivity contribution < 1.29 is 9.90 Å². The predicted molar refractivity (Wildman–Crippen MR) is 64.9 cm³/mol. The highest BCUT2D eigenvalue weighted by atomic mass is 16.4. The first-order valence-electron chi connectivity index (χ1n) is 5.19. The zero-order valence-corrected chi connectivity index (χ0v) is 9.13. The molecule has 0 aliphatic rings. The van der Waals surface area contributed by atoms with Gasteiger partial charge in [0.15, 0.2) is 0 Å². The summed E-state index contributed by atoms with van der Waals surface area (Å²) < 4.78 is 0. The molecule has 0 aliphatic heterocycles. The van der Waals surface area contributed by atoms with Crippen LogP contribution in [0.3, 0.4) is 0 Å². The predicted octanol–water partition coefficient (Wildman–Crippen LogP) is 1.95. The van der Waals surface area contributed by atoms with Gasteiger partial charge >= 0.3 is 5.97 Å². The zero-order chi connectivity index (χ0) is 12.3. The summed E-state index contributed by atoms with van der Waals surface area (Å²) in [5.41, 5.74) is 7.77. The molecule has 0 amide bonds. The number of nitrogen functional groups attached to an aromatic ring is 1. The van der Waals surface area contributed by atoms with Crippen molar-refractivity contribution in [2.24, 2.45) is 0 Å². The topological polar surface area (TPSA) is 76.2 Å². The number of nitrogens with zero attached hydrogens (tertiary/aromatic N) is 1. The molecule has 0 radical (unpaired) electrons. The number of rotatable bonds is 3. The van der Waals surface area contributed by atoms with Gasteiger partial charge in [0, 0.05) is 12.6 Å². The van der Waals surface area contributed by atoms with E-state index in [1.54, 1.807) is 0 Å². The fraction of sp³-hybridized carbons (Fsp3) is 0.0769. The van der Waals surface area contributed by atoms with Gasteiger partial charge in [-0.3, -0.25) is 4.98 Å². The lowest BCUT2D eigenvalue weighted by Crippen LogP contribution is -2.07. The van der Waals surface area contributed by atoms with E-state index < -0.39 is 5.97 Å². The maximum absolute atomic E-state index is 10.9. The molecule has 0 unspecified atom stereocenters. The summed E-state index contributed by atoms with van der Waals surface area (Å²) in [7, 11) is 0. The Bertz CT molecular complexity index is 538. The van der Waals surface area contributed by atoms with Crippen molar-refractivity contribution in [3.63, 3.8) is 0 Å². The molecule has 17 heavy (non-hydrogen) atoms. The van der Waals surface area contributed by atoms with E-state index in [-0.39, 0.29) is 11.3 Å². The van der Waals surface area contributed by atoms with Crippen LogP contribution in [-0.2, 0) is 6.42 Å². The van der Waals surface area contributed by atoms with E-state index >= 15 is 0 Å². The Morgan fingerprint density at radius 3 is 2.59 bits per heavy atom. The Balaban J connectivity index is 2.34. The maximum Gasteiger partial charge on any atom is 0.337 e. The molecule has 0 atom stereocenters. The van der Waals surface area contributed by atoms with E-state index in [1.807, 2.05) is 30.3 Å². The van der Waals surface area contributed by atoms with Crippen molar-refractivity contribution in [2.45, 2.75) is 6.42 Å². The summed E-state index contributed by atoms with van der Waals surface area (Å²) in [6.45, 7) is 0. The zero-order valence-electron chi connectivity index (χ0n) is 9.13. The molecule has 1 aromatic carbocycles. The second-order valence-corrected chi connectivity index (χ2v) is 3.69. The lowest BCUT2D eigenvalue weighted by molar-refractivity contribution is 0.0698. The fourth-order valence-electron chi connectivity index (χ4n) is 1.63. The van der Waals surface area contributed by atoms with Crippen LogP contribution in [0.4, 0.5) is 5.69 Å². The molecule has 0 saturated heterocycles. The number of pyridine rings is 1. The molecule has 1 aromatic heterocycles. The number of benzene rings is 1. The van der Waals surface area contributed by atoms with E-state index in [1.165, 1.54) is 12.3 Å². The minimum Gasteiger partial charge on any atom is -0.478 e. The third-order valence-corrected chi connectivity index (χ3v) is 2.52. The number of anilines is 1. The highest BCUT2D eigenvalue weighted by molar-refractivity contribution is 5.93. The molecular formula is C13H12N2O2. The number of hydrogen-bond acceptors (Lipinski definition) is 3. The molecule has 0 bridgehead atoms. The number of carboxylic acid groups (broad SMARTS) is 1. The molecule has 3 N–H and O–H groups in total. The van der Waals surface area contributed by atoms with Gasteiger partial charge in [-0.2, -0.15) is 0 Å². The Kier molecular flexibility index (Phi) is 3.05. The first-order valence-corrected chi connectivity index (χ1v) is 5.19. The summed E-state index contributed by atoms with van der Waals surface area (Å²) in [6.07, 6.45) is 2.01. The Morgan fingerprint density at radius 1 is 1.24 bits per heavy atom. The SMILES string of the molecule is Nc1c(C(=O)O)ccnc1Cc1ccccc1. The van der Waals surface area contributed by atoms with Crippen LogP contribution in [0.1, 0.15) is 21.6 Å². The van der Waals surface area contributed by atoms with Gasteiger partial charge in [0.05, 0.1) is 16.9 Å². The van der Waals surface area contributed by atoms with Crippen LogP contribution >= 0.6 is 0 Å². The van der Waals surface area contributed by atoms with Gasteiger partial charge in [0.25, 0.3) is 0 Å². The molecule has 86 valence electrons. The lowest BCUT2D eigenvalue weighted by atomic mass is 10.1. The summed E-state index contributed by atoms with van der Waals surface area (Å²) >= 11 is 0. The molecule has 0 saturated carbocycles. The van der Waals surface area contributed by atoms with Crippen molar-refractivity contribution in [3.8, 4) is 0 Å². The van der Waals surface area contributed by atoms with Gasteiger partial charge in [-0.25, -0.2) is 4.79 Å². The quantitative estimate of drug-likeness (QED) is 0.841. The highest BCUT2D eigenvalue weighted by Gasteiger charge is 2.12. The van der Waals surface area contributed by atoms with Gasteiger partial charge in [-0.15, -0.1) is 0 Å². The molecule has 2 aromatic rings. The monoisotopic (exact) mass is 228 g/mol. The average molecular weight is 228 g/mol. The Hall–Kier alpha value is -2.36. The van der Waals surface area contributed by atoms with Crippen LogP contribution in [0.5, 0.6) is 0 Å². The minimum atomic E-state index is -1.03. The number of nitrogens with two attached hydrogens (primary N) is 1. The number of carbonyl (C=O) groups is 1. The first-order chi connectivity index (χ1) is 8.18. The molecule has 0 aliphatic carbocycles. The van der Waals surface area contributed by atoms with Crippen molar-refractivity contribution in [1.82, 2.24) is 4.98 Å². The van der Waals surface area contributed by atoms with Crippen LogP contribution in [0.15, 0.2) is 42.6 Å². The van der Waals surface area contributed by atoms with Crippen molar-refractivity contribution in [1.29, 1.82) is 0 Å². The molecule has 0 fully saturated rings. The molecule has 0 spiro atoms. The second-order valence-electron chi connectivity index (χ2n) is 3.69. The van der Waals surface area contributed by atoms with Crippen LogP contribution in [0, 0.1) is 0 Å². The van der Waals surface area contributed by atoms with Crippen LogP contribution < -0.4 is 5.73 Å². The van der Waals surface area contributed by atoms with Crippen LogP contribution in [0.2, 0.25) is 0 Å². The smallest absolute Gasteiger partial charge is 0.337 e. The van der Waals surface area contributed by atoms with E-state index in [4.69, 9.17) is 10.8 Å². The third kappa shape index (κ3) is 2.42. The van der Waals surface area contributed by atoms with Crippen LogP contribution in [0.25, 0.3) is 0 Å². The first kappa shape index (κ1) is 11.1. The van der Waals surface area contributed by atoms with E-state index in [0.29, 0.717) is 12.1 Å². The van der Waals surface area contributed by atoms with Gasteiger partial charge in [0.2, 0.25) is 0 Å². The Morgan fingerprint density at radius 2 is 1.94 bits per heavy atom. The summed E-state index contributed by atoms with van der Waals surface area (Å²) in [6, 6.07) is 11.1. The second kappa shape index (κ2) is 4.65. The van der Waals surface area contributed by atoms with Crippen molar-refractivity contribution in [2.75, 3.05) is 5.73 Å². The van der Waals surface area contributed by atoms with Gasteiger partial charge in [-0.1, -0.05) is 30.3 Å². The number of aromatic carboxylic acids is 1. The standard InChI is InChI=1S/C13H12N2O2/c14-12-10(13(16)17)6-7-15-11(12)8-9-4-2-1-3-5-9/h1-7H,8,14H2,(H,16,17). The normalized spacial score (nSPS) is 10.1.